The number of amides is 2. The molecule has 0 N–H and O–H groups in total. The molecule has 3 heterocycles. The van der Waals surface area contributed by atoms with Gasteiger partial charge in [-0.3, -0.25) is 14.5 Å². The second-order valence-corrected chi connectivity index (χ2v) is 9.05. The van der Waals surface area contributed by atoms with Gasteiger partial charge in [-0.05, 0) is 62.1 Å². The number of hydrogen-bond donors (Lipinski definition) is 0. The summed E-state index contributed by atoms with van der Waals surface area (Å²) in [6, 6.07) is 11.8. The minimum atomic E-state index is -0.523. The molecule has 168 valence electrons. The first-order valence-corrected chi connectivity index (χ1v) is 11.4. The van der Waals surface area contributed by atoms with Crippen LogP contribution in [0.25, 0.3) is 0 Å². The van der Waals surface area contributed by atoms with Crippen molar-refractivity contribution in [1.82, 2.24) is 14.8 Å². The second kappa shape index (κ2) is 8.41. The predicted octanol–water partition coefficient (Wildman–Crippen LogP) is 2.69. The molecule has 8 nitrogen and oxygen atoms in total. The van der Waals surface area contributed by atoms with Crippen molar-refractivity contribution in [2.75, 3.05) is 24.6 Å². The zero-order valence-electron chi connectivity index (χ0n) is 18.8. The first-order valence-electron chi connectivity index (χ1n) is 11.4. The van der Waals surface area contributed by atoms with Gasteiger partial charge >= 0.3 is 0 Å². The van der Waals surface area contributed by atoms with Crippen molar-refractivity contribution >= 4 is 23.8 Å². The van der Waals surface area contributed by atoms with Gasteiger partial charge in [0.2, 0.25) is 0 Å². The number of piperazine rings is 1. The van der Waals surface area contributed by atoms with E-state index in [4.69, 9.17) is 5.26 Å². The third-order valence-electron chi connectivity index (χ3n) is 6.73. The third kappa shape index (κ3) is 4.00. The van der Waals surface area contributed by atoms with Crippen LogP contribution < -0.4 is 5.01 Å². The predicted molar refractivity (Wildman–Crippen MR) is 124 cm³/mol. The summed E-state index contributed by atoms with van der Waals surface area (Å²) in [4.78, 5) is 34.8. The molecule has 1 aromatic carbocycles. The van der Waals surface area contributed by atoms with Gasteiger partial charge in [0, 0.05) is 44.1 Å². The molecule has 2 atom stereocenters. The van der Waals surface area contributed by atoms with Gasteiger partial charge < -0.3 is 4.90 Å². The highest BCUT2D eigenvalue weighted by Gasteiger charge is 2.37. The van der Waals surface area contributed by atoms with Crippen LogP contribution in [0, 0.1) is 18.3 Å². The van der Waals surface area contributed by atoms with E-state index < -0.39 is 5.92 Å². The lowest BCUT2D eigenvalue weighted by Crippen LogP contribution is -2.54. The largest absolute Gasteiger partial charge is 0.336 e. The average molecular weight is 443 g/mol. The second-order valence-electron chi connectivity index (χ2n) is 9.05. The summed E-state index contributed by atoms with van der Waals surface area (Å²) in [6.07, 6.45) is 5.66. The highest BCUT2D eigenvalue weighted by Crippen LogP contribution is 2.31. The number of nitrogens with zero attached hydrogens (tertiary/aromatic N) is 6. The standard InChI is InChI=1S/C25H26N6O2/c1-16-11-18(12-26)3-7-21(16)22-14-28-31(25(22)33)23-8-4-19(13-27-23)24(32)29-9-10-30(17(2)15-29)20-5-6-20/h3-4,7-8,11,13-14,17,20,22H,5-6,9-10,15H2,1-2H3. The smallest absolute Gasteiger partial charge is 0.261 e. The Hall–Kier alpha value is -3.57. The summed E-state index contributed by atoms with van der Waals surface area (Å²) in [5, 5.41) is 14.6. The number of nitriles is 1. The van der Waals surface area contributed by atoms with Crippen LogP contribution in [-0.2, 0) is 4.79 Å². The minimum Gasteiger partial charge on any atom is -0.336 e. The van der Waals surface area contributed by atoms with Gasteiger partial charge in [-0.1, -0.05) is 6.07 Å². The van der Waals surface area contributed by atoms with Gasteiger partial charge in [-0.15, -0.1) is 0 Å². The molecule has 1 saturated heterocycles. The fourth-order valence-electron chi connectivity index (χ4n) is 4.79. The van der Waals surface area contributed by atoms with Crippen molar-refractivity contribution in [2.45, 2.75) is 44.7 Å². The fraction of sp³-hybridized carbons (Fsp3) is 0.400. The van der Waals surface area contributed by atoms with Gasteiger partial charge in [-0.25, -0.2) is 4.98 Å². The zero-order chi connectivity index (χ0) is 23.1. The van der Waals surface area contributed by atoms with Crippen LogP contribution in [0.15, 0.2) is 41.6 Å². The monoisotopic (exact) mass is 442 g/mol. The third-order valence-corrected chi connectivity index (χ3v) is 6.73. The van der Waals surface area contributed by atoms with Crippen LogP contribution >= 0.6 is 0 Å². The van der Waals surface area contributed by atoms with E-state index in [1.54, 1.807) is 36.5 Å². The van der Waals surface area contributed by atoms with Crippen LogP contribution in [0.5, 0.6) is 0 Å². The van der Waals surface area contributed by atoms with Crippen LogP contribution in [0.4, 0.5) is 5.82 Å². The van der Waals surface area contributed by atoms with Gasteiger partial charge in [0.15, 0.2) is 5.82 Å². The van der Waals surface area contributed by atoms with Crippen molar-refractivity contribution in [3.8, 4) is 6.07 Å². The van der Waals surface area contributed by atoms with Gasteiger partial charge in [0.25, 0.3) is 11.8 Å². The van der Waals surface area contributed by atoms with Gasteiger partial charge in [-0.2, -0.15) is 15.4 Å². The van der Waals surface area contributed by atoms with E-state index in [9.17, 15) is 9.59 Å². The number of benzene rings is 1. The average Bonchev–Trinajstić information content (AvgIpc) is 3.60. The van der Waals surface area contributed by atoms with E-state index >= 15 is 0 Å². The molecule has 5 rings (SSSR count). The molecule has 0 bridgehead atoms. The molecule has 3 aliphatic rings. The quantitative estimate of drug-likeness (QED) is 0.726. The van der Waals surface area contributed by atoms with Gasteiger partial charge in [0.05, 0.1) is 17.2 Å². The molecule has 1 saturated carbocycles. The summed E-state index contributed by atoms with van der Waals surface area (Å²) in [5.41, 5.74) is 2.75. The Morgan fingerprint density at radius 1 is 1.18 bits per heavy atom. The van der Waals surface area contributed by atoms with Crippen LogP contribution in [0.1, 0.15) is 52.7 Å². The van der Waals surface area contributed by atoms with Gasteiger partial charge in [0.1, 0.15) is 5.92 Å². The number of pyridine rings is 1. The SMILES string of the molecule is Cc1cc(C#N)ccc1C1C=NN(c2ccc(C(=O)N3CCN(C4CC4)C(C)C3)cn2)C1=O. The molecule has 2 aliphatic heterocycles. The summed E-state index contributed by atoms with van der Waals surface area (Å²) in [5.74, 6) is -0.378. The molecule has 2 aromatic rings. The highest BCUT2D eigenvalue weighted by molar-refractivity contribution is 6.12. The maximum absolute atomic E-state index is 13.0. The number of anilines is 1. The number of carbonyl (C=O) groups excluding carboxylic acids is 2. The molecule has 8 heteroatoms. The Morgan fingerprint density at radius 3 is 2.64 bits per heavy atom. The lowest BCUT2D eigenvalue weighted by Gasteiger charge is -2.40. The van der Waals surface area contributed by atoms with E-state index in [0.29, 0.717) is 29.0 Å². The van der Waals surface area contributed by atoms with Crippen molar-refractivity contribution in [3.05, 3.63) is 58.8 Å². The Kier molecular flexibility index (Phi) is 5.43. The molecule has 0 spiro atoms. The lowest BCUT2D eigenvalue weighted by molar-refractivity contribution is -0.118. The normalized spacial score (nSPS) is 23.1. The molecule has 1 aliphatic carbocycles. The summed E-state index contributed by atoms with van der Waals surface area (Å²) in [6.45, 7) is 6.42. The summed E-state index contributed by atoms with van der Waals surface area (Å²) >= 11 is 0. The Bertz CT molecular complexity index is 1160. The van der Waals surface area contributed by atoms with E-state index in [0.717, 1.165) is 30.8 Å². The summed E-state index contributed by atoms with van der Waals surface area (Å²) < 4.78 is 0. The molecule has 2 unspecified atom stereocenters. The van der Waals surface area contributed by atoms with E-state index in [2.05, 4.69) is 28.0 Å². The van der Waals surface area contributed by atoms with Crippen molar-refractivity contribution in [1.29, 1.82) is 5.26 Å². The minimum absolute atomic E-state index is 0.0290. The van der Waals surface area contributed by atoms with E-state index in [-0.39, 0.29) is 11.8 Å². The highest BCUT2D eigenvalue weighted by atomic mass is 16.2. The number of aryl methyl sites for hydroxylation is 1. The van der Waals surface area contributed by atoms with Crippen LogP contribution in [0.2, 0.25) is 0 Å². The van der Waals surface area contributed by atoms with E-state index in [1.807, 2.05) is 11.8 Å². The number of aromatic nitrogens is 1. The van der Waals surface area contributed by atoms with Crippen molar-refractivity contribution < 1.29 is 9.59 Å². The van der Waals surface area contributed by atoms with Crippen molar-refractivity contribution in [2.24, 2.45) is 5.10 Å². The van der Waals surface area contributed by atoms with Crippen LogP contribution in [-0.4, -0.2) is 64.5 Å². The topological polar surface area (TPSA) is 92.9 Å². The first kappa shape index (κ1) is 21.3. The van der Waals surface area contributed by atoms with Crippen molar-refractivity contribution in [3.63, 3.8) is 0 Å². The number of hydrogen-bond acceptors (Lipinski definition) is 6. The molecule has 1 aromatic heterocycles. The molecule has 0 radical (unpaired) electrons. The maximum atomic E-state index is 13.0. The van der Waals surface area contributed by atoms with Crippen LogP contribution in [0.3, 0.4) is 0 Å². The summed E-state index contributed by atoms with van der Waals surface area (Å²) in [7, 11) is 0. The fourth-order valence-corrected chi connectivity index (χ4v) is 4.79. The maximum Gasteiger partial charge on any atom is 0.261 e. The Morgan fingerprint density at radius 2 is 2.00 bits per heavy atom. The molecule has 2 amide bonds. The number of rotatable bonds is 4. The molecule has 33 heavy (non-hydrogen) atoms. The Balaban J connectivity index is 1.26. The molecular weight excluding hydrogens is 416 g/mol. The molecular formula is C25H26N6O2. The van der Waals surface area contributed by atoms with E-state index in [1.165, 1.54) is 24.0 Å². The zero-order valence-corrected chi connectivity index (χ0v) is 18.8. The number of hydrazone groups is 1. The Labute approximate surface area is 193 Å². The molecule has 2 fully saturated rings. The number of carbonyl (C=O) groups is 2. The first-order chi connectivity index (χ1) is 16.0. The lowest BCUT2D eigenvalue weighted by atomic mass is 9.94.